The molecule has 3 fully saturated rings. The number of hydrogen-bond donors (Lipinski definition) is 1. The van der Waals surface area contributed by atoms with E-state index in [0.29, 0.717) is 56.5 Å². The van der Waals surface area contributed by atoms with Gasteiger partial charge in [0.25, 0.3) is 0 Å². The summed E-state index contributed by atoms with van der Waals surface area (Å²) in [4.78, 5) is 14.4. The predicted molar refractivity (Wildman–Crippen MR) is 147 cm³/mol. The number of benzene rings is 1. The second-order valence-electron chi connectivity index (χ2n) is 12.1. The van der Waals surface area contributed by atoms with Gasteiger partial charge in [0.1, 0.15) is 30.3 Å². The lowest BCUT2D eigenvalue weighted by atomic mass is 9.72. The highest BCUT2D eigenvalue weighted by Gasteiger charge is 2.50. The lowest BCUT2D eigenvalue weighted by molar-refractivity contribution is -0.0857. The van der Waals surface area contributed by atoms with Gasteiger partial charge in [-0.1, -0.05) is 6.07 Å². The van der Waals surface area contributed by atoms with E-state index in [0.717, 1.165) is 93.0 Å². The average Bonchev–Trinajstić information content (AvgIpc) is 3.33. The van der Waals surface area contributed by atoms with Gasteiger partial charge in [-0.15, -0.1) is 0 Å². The molecule has 212 valence electrons. The summed E-state index contributed by atoms with van der Waals surface area (Å²) >= 11 is 0. The molecule has 0 amide bonds. The van der Waals surface area contributed by atoms with Crippen LogP contribution in [0.4, 0.5) is 15.9 Å². The first kappa shape index (κ1) is 25.9. The van der Waals surface area contributed by atoms with Crippen LogP contribution in [0.3, 0.4) is 0 Å². The summed E-state index contributed by atoms with van der Waals surface area (Å²) in [6.07, 6.45) is 5.76. The van der Waals surface area contributed by atoms with E-state index in [1.807, 2.05) is 12.1 Å². The van der Waals surface area contributed by atoms with Crippen molar-refractivity contribution >= 4 is 11.5 Å². The minimum absolute atomic E-state index is 0.277. The summed E-state index contributed by atoms with van der Waals surface area (Å²) in [5.41, 5.74) is 10.2. The predicted octanol–water partition coefficient (Wildman–Crippen LogP) is 3.42. The lowest BCUT2D eigenvalue weighted by Crippen LogP contribution is -2.44. The molecule has 7 rings (SSSR count). The molecule has 2 N–H and O–H groups in total. The Morgan fingerprint density at radius 2 is 2.08 bits per heavy atom. The molecule has 0 saturated carbocycles. The van der Waals surface area contributed by atoms with E-state index < -0.39 is 11.8 Å². The number of halogens is 1. The number of nitrogen functional groups attached to an aromatic ring is 1. The second-order valence-corrected chi connectivity index (χ2v) is 12.1. The molecule has 9 nitrogen and oxygen atoms in total. The molecule has 40 heavy (non-hydrogen) atoms. The van der Waals surface area contributed by atoms with Gasteiger partial charge in [0.15, 0.2) is 0 Å². The van der Waals surface area contributed by atoms with Gasteiger partial charge in [-0.25, -0.2) is 4.39 Å². The van der Waals surface area contributed by atoms with Crippen molar-refractivity contribution in [1.29, 1.82) is 5.26 Å². The standard InChI is InChI=1S/C30H37FN6O3/c31-21-14-29(7-2-10-37(29)17-21)19-39-28-34-25-15-30(8-1-4-20-5-6-24(33)22(16-32)26(20)30)40-18-23(25)27(35-28)36-9-3-12-38-13-11-36/h5-6,21H,1-4,7-15,17-19,33H2/t21-,29+,30+/m1/s1. The number of aryl methyl sites for hydroxylation is 1. The quantitative estimate of drug-likeness (QED) is 0.575. The molecule has 1 aromatic carbocycles. The molecule has 10 heteroatoms. The van der Waals surface area contributed by atoms with Crippen LogP contribution < -0.4 is 15.4 Å². The maximum Gasteiger partial charge on any atom is 0.318 e. The van der Waals surface area contributed by atoms with Crippen molar-refractivity contribution in [2.45, 2.75) is 75.3 Å². The summed E-state index contributed by atoms with van der Waals surface area (Å²) in [7, 11) is 0. The van der Waals surface area contributed by atoms with E-state index in [1.165, 1.54) is 0 Å². The summed E-state index contributed by atoms with van der Waals surface area (Å²) in [5, 5.41) is 10.1. The molecular weight excluding hydrogens is 511 g/mol. The van der Waals surface area contributed by atoms with Crippen molar-refractivity contribution in [2.24, 2.45) is 0 Å². The molecule has 5 aliphatic rings. The topological polar surface area (TPSA) is 110 Å². The average molecular weight is 549 g/mol. The molecule has 1 aliphatic carbocycles. The largest absolute Gasteiger partial charge is 0.461 e. The van der Waals surface area contributed by atoms with Crippen molar-refractivity contribution in [2.75, 3.05) is 56.6 Å². The van der Waals surface area contributed by atoms with E-state index in [9.17, 15) is 9.65 Å². The number of rotatable bonds is 4. The summed E-state index contributed by atoms with van der Waals surface area (Å²) in [5.74, 6) is 0.833. The zero-order valence-corrected chi connectivity index (χ0v) is 23.0. The Kier molecular flexibility index (Phi) is 6.56. The van der Waals surface area contributed by atoms with Crippen LogP contribution in [0.25, 0.3) is 0 Å². The SMILES string of the molecule is N#Cc1c(N)ccc2c1[C@]1(CCC2)Cc2nc(OC[C@@]34CCCN3C[C@H](F)C4)nc(N3CCCOCC3)c2CO1. The van der Waals surface area contributed by atoms with E-state index >= 15 is 0 Å². The van der Waals surface area contributed by atoms with Crippen LogP contribution in [0.2, 0.25) is 0 Å². The molecule has 0 bridgehead atoms. The number of nitrogens with zero attached hydrogens (tertiary/aromatic N) is 5. The minimum Gasteiger partial charge on any atom is -0.461 e. The highest BCUT2D eigenvalue weighted by Crippen LogP contribution is 2.48. The minimum atomic E-state index is -0.814. The zero-order chi connectivity index (χ0) is 27.3. The molecule has 4 aliphatic heterocycles. The van der Waals surface area contributed by atoms with Crippen molar-refractivity contribution in [3.63, 3.8) is 0 Å². The van der Waals surface area contributed by atoms with Gasteiger partial charge in [0, 0.05) is 55.9 Å². The number of nitrogens with two attached hydrogens (primary N) is 1. The molecular formula is C30H37FN6O3. The normalized spacial score (nSPS) is 29.9. The molecule has 0 radical (unpaired) electrons. The van der Waals surface area contributed by atoms with Crippen molar-refractivity contribution in [3.05, 3.63) is 40.1 Å². The van der Waals surface area contributed by atoms with E-state index in [-0.39, 0.29) is 5.54 Å². The Hall–Kier alpha value is -3.00. The van der Waals surface area contributed by atoms with Crippen molar-refractivity contribution < 1.29 is 18.6 Å². The second kappa shape index (κ2) is 10.1. The van der Waals surface area contributed by atoms with Crippen LogP contribution in [-0.4, -0.2) is 72.6 Å². The number of nitriles is 1. The molecule has 2 aromatic rings. The van der Waals surface area contributed by atoms with Crippen LogP contribution in [0.1, 0.15) is 66.5 Å². The third kappa shape index (κ3) is 4.30. The fourth-order valence-corrected chi connectivity index (χ4v) is 7.77. The fraction of sp³-hybridized carbons (Fsp3) is 0.633. The van der Waals surface area contributed by atoms with Crippen LogP contribution in [0.5, 0.6) is 6.01 Å². The van der Waals surface area contributed by atoms with Gasteiger partial charge in [0.05, 0.1) is 30.0 Å². The number of ether oxygens (including phenoxy) is 3. The van der Waals surface area contributed by atoms with Gasteiger partial charge in [-0.2, -0.15) is 15.2 Å². The molecule has 3 atom stereocenters. The maximum atomic E-state index is 14.4. The van der Waals surface area contributed by atoms with E-state index in [1.54, 1.807) is 0 Å². The Bertz CT molecular complexity index is 1340. The number of alkyl halides is 1. The van der Waals surface area contributed by atoms with Gasteiger partial charge >= 0.3 is 6.01 Å². The van der Waals surface area contributed by atoms with Gasteiger partial charge < -0.3 is 24.8 Å². The van der Waals surface area contributed by atoms with Gasteiger partial charge in [0.2, 0.25) is 0 Å². The fourth-order valence-electron chi connectivity index (χ4n) is 7.77. The molecule has 1 aromatic heterocycles. The first-order chi connectivity index (χ1) is 19.5. The first-order valence-corrected chi connectivity index (χ1v) is 14.7. The Morgan fingerprint density at radius 1 is 1.15 bits per heavy atom. The van der Waals surface area contributed by atoms with Crippen molar-refractivity contribution in [1.82, 2.24) is 14.9 Å². The summed E-state index contributed by atoms with van der Waals surface area (Å²) in [6.45, 7) is 5.05. The van der Waals surface area contributed by atoms with E-state index in [2.05, 4.69) is 15.9 Å². The maximum absolute atomic E-state index is 14.4. The summed E-state index contributed by atoms with van der Waals surface area (Å²) < 4.78 is 33.2. The van der Waals surface area contributed by atoms with Crippen LogP contribution in [-0.2, 0) is 34.5 Å². The Balaban J connectivity index is 1.27. The third-order valence-corrected chi connectivity index (χ3v) is 9.67. The monoisotopic (exact) mass is 548 g/mol. The van der Waals surface area contributed by atoms with Crippen molar-refractivity contribution in [3.8, 4) is 12.1 Å². The zero-order valence-electron chi connectivity index (χ0n) is 23.0. The Morgan fingerprint density at radius 3 is 2.98 bits per heavy atom. The number of hydrogen-bond acceptors (Lipinski definition) is 9. The Labute approximate surface area is 234 Å². The molecule has 1 spiro atoms. The highest BCUT2D eigenvalue weighted by molar-refractivity contribution is 5.63. The highest BCUT2D eigenvalue weighted by atomic mass is 19.1. The van der Waals surface area contributed by atoms with Crippen LogP contribution in [0, 0.1) is 11.3 Å². The van der Waals surface area contributed by atoms with Gasteiger partial charge in [-0.3, -0.25) is 4.90 Å². The smallest absolute Gasteiger partial charge is 0.318 e. The summed E-state index contributed by atoms with van der Waals surface area (Å²) in [6, 6.07) is 6.56. The number of fused-ring (bicyclic) bond motifs is 4. The van der Waals surface area contributed by atoms with Crippen LogP contribution in [0.15, 0.2) is 12.1 Å². The van der Waals surface area contributed by atoms with Crippen LogP contribution >= 0.6 is 0 Å². The lowest BCUT2D eigenvalue weighted by Gasteiger charge is -2.43. The van der Waals surface area contributed by atoms with Gasteiger partial charge in [-0.05, 0) is 56.7 Å². The molecule has 5 heterocycles. The molecule has 0 unspecified atom stereocenters. The van der Waals surface area contributed by atoms with E-state index in [4.69, 9.17) is 29.9 Å². The number of aromatic nitrogens is 2. The third-order valence-electron chi connectivity index (χ3n) is 9.67. The number of anilines is 2. The first-order valence-electron chi connectivity index (χ1n) is 14.7. The molecule has 3 saturated heterocycles.